The van der Waals surface area contributed by atoms with Crippen molar-refractivity contribution in [2.45, 2.75) is 18.9 Å². The molecule has 0 bridgehead atoms. The second kappa shape index (κ2) is 6.25. The number of rotatable bonds is 6. The van der Waals surface area contributed by atoms with Crippen LogP contribution in [-0.4, -0.2) is 35.4 Å². The summed E-state index contributed by atoms with van der Waals surface area (Å²) in [5.74, 6) is -1.43. The molecule has 88 valence electrons. The first-order chi connectivity index (χ1) is 7.61. The van der Waals surface area contributed by atoms with Gasteiger partial charge in [0.1, 0.15) is 0 Å². The van der Waals surface area contributed by atoms with Crippen LogP contribution in [-0.2, 0) is 4.79 Å². The first-order valence-corrected chi connectivity index (χ1v) is 5.27. The van der Waals surface area contributed by atoms with E-state index < -0.39 is 18.0 Å². The SMILES string of the molecule is CC(O)CNCC(C(=O)O)c1ccccc1. The Bertz CT molecular complexity index is 324. The van der Waals surface area contributed by atoms with E-state index >= 15 is 0 Å². The topological polar surface area (TPSA) is 69.6 Å². The second-order valence-electron chi connectivity index (χ2n) is 3.81. The van der Waals surface area contributed by atoms with Crippen molar-refractivity contribution < 1.29 is 15.0 Å². The Morgan fingerprint density at radius 2 is 1.94 bits per heavy atom. The number of benzene rings is 1. The van der Waals surface area contributed by atoms with Gasteiger partial charge in [-0.25, -0.2) is 0 Å². The normalized spacial score (nSPS) is 14.4. The zero-order valence-corrected chi connectivity index (χ0v) is 9.26. The van der Waals surface area contributed by atoms with Crippen molar-refractivity contribution in [2.75, 3.05) is 13.1 Å². The summed E-state index contributed by atoms with van der Waals surface area (Å²) < 4.78 is 0. The number of aliphatic hydroxyl groups is 1. The van der Waals surface area contributed by atoms with Crippen LogP contribution in [0.1, 0.15) is 18.4 Å². The first kappa shape index (κ1) is 12.7. The van der Waals surface area contributed by atoms with Gasteiger partial charge in [-0.3, -0.25) is 4.79 Å². The molecular weight excluding hydrogens is 206 g/mol. The summed E-state index contributed by atoms with van der Waals surface area (Å²) in [5.41, 5.74) is 0.771. The number of aliphatic carboxylic acids is 1. The lowest BCUT2D eigenvalue weighted by Gasteiger charge is -2.14. The molecule has 4 nitrogen and oxygen atoms in total. The standard InChI is InChI=1S/C12H17NO3/c1-9(14)7-13-8-11(12(15)16)10-5-3-2-4-6-10/h2-6,9,11,13-14H,7-8H2,1H3,(H,15,16). The van der Waals surface area contributed by atoms with Crippen molar-refractivity contribution in [1.82, 2.24) is 5.32 Å². The Morgan fingerprint density at radius 3 is 2.44 bits per heavy atom. The smallest absolute Gasteiger partial charge is 0.312 e. The molecule has 16 heavy (non-hydrogen) atoms. The van der Waals surface area contributed by atoms with Gasteiger partial charge in [-0.05, 0) is 12.5 Å². The average molecular weight is 223 g/mol. The molecule has 0 aliphatic rings. The van der Waals surface area contributed by atoms with Crippen molar-refractivity contribution in [3.8, 4) is 0 Å². The lowest BCUT2D eigenvalue weighted by atomic mass is 9.99. The minimum atomic E-state index is -0.857. The van der Waals surface area contributed by atoms with Crippen molar-refractivity contribution in [2.24, 2.45) is 0 Å². The maximum absolute atomic E-state index is 11.1. The molecule has 0 fully saturated rings. The zero-order valence-electron chi connectivity index (χ0n) is 9.26. The number of nitrogens with one attached hydrogen (secondary N) is 1. The Balaban J connectivity index is 2.59. The van der Waals surface area contributed by atoms with Crippen LogP contribution < -0.4 is 5.32 Å². The van der Waals surface area contributed by atoms with E-state index in [0.717, 1.165) is 5.56 Å². The van der Waals surface area contributed by atoms with Gasteiger partial charge in [0, 0.05) is 13.1 Å². The highest BCUT2D eigenvalue weighted by molar-refractivity contribution is 5.76. The molecule has 0 amide bonds. The van der Waals surface area contributed by atoms with E-state index in [9.17, 15) is 4.79 Å². The summed E-state index contributed by atoms with van der Waals surface area (Å²) in [6, 6.07) is 9.08. The molecule has 1 rings (SSSR count). The molecule has 0 aliphatic carbocycles. The largest absolute Gasteiger partial charge is 0.481 e. The summed E-state index contributed by atoms with van der Waals surface area (Å²) in [6.07, 6.45) is -0.467. The van der Waals surface area contributed by atoms with E-state index in [1.807, 2.05) is 18.2 Å². The molecule has 0 aliphatic heterocycles. The number of carboxylic acids is 1. The summed E-state index contributed by atoms with van der Waals surface area (Å²) in [4.78, 5) is 11.1. The Labute approximate surface area is 94.9 Å². The quantitative estimate of drug-likeness (QED) is 0.668. The molecule has 4 heteroatoms. The number of hydrogen-bond acceptors (Lipinski definition) is 3. The lowest BCUT2D eigenvalue weighted by Crippen LogP contribution is -2.31. The summed E-state index contributed by atoms with van der Waals surface area (Å²) in [5, 5.41) is 21.1. The third-order valence-corrected chi connectivity index (χ3v) is 2.29. The Hall–Kier alpha value is -1.39. The fourth-order valence-electron chi connectivity index (χ4n) is 1.47. The summed E-state index contributed by atoms with van der Waals surface area (Å²) >= 11 is 0. The lowest BCUT2D eigenvalue weighted by molar-refractivity contribution is -0.138. The van der Waals surface area contributed by atoms with E-state index in [0.29, 0.717) is 13.1 Å². The van der Waals surface area contributed by atoms with E-state index in [2.05, 4.69) is 5.32 Å². The molecule has 0 spiro atoms. The van der Waals surface area contributed by atoms with Gasteiger partial charge in [0.25, 0.3) is 0 Å². The van der Waals surface area contributed by atoms with Crippen molar-refractivity contribution >= 4 is 5.97 Å². The van der Waals surface area contributed by atoms with Crippen LogP contribution in [0.2, 0.25) is 0 Å². The van der Waals surface area contributed by atoms with Crippen LogP contribution in [0, 0.1) is 0 Å². The first-order valence-electron chi connectivity index (χ1n) is 5.27. The van der Waals surface area contributed by atoms with E-state index in [1.165, 1.54) is 0 Å². The highest BCUT2D eigenvalue weighted by Gasteiger charge is 2.18. The molecule has 0 saturated carbocycles. The number of aliphatic hydroxyl groups excluding tert-OH is 1. The van der Waals surface area contributed by atoms with Gasteiger partial charge < -0.3 is 15.5 Å². The molecule has 3 N–H and O–H groups in total. The van der Waals surface area contributed by atoms with Crippen LogP contribution in [0.5, 0.6) is 0 Å². The minimum absolute atomic E-state index is 0.324. The van der Waals surface area contributed by atoms with Crippen LogP contribution in [0.15, 0.2) is 30.3 Å². The molecule has 2 unspecified atom stereocenters. The third-order valence-electron chi connectivity index (χ3n) is 2.29. The molecule has 1 aromatic carbocycles. The monoisotopic (exact) mass is 223 g/mol. The highest BCUT2D eigenvalue weighted by atomic mass is 16.4. The molecule has 0 radical (unpaired) electrons. The minimum Gasteiger partial charge on any atom is -0.481 e. The summed E-state index contributed by atoms with van der Waals surface area (Å²) in [7, 11) is 0. The number of carbonyl (C=O) groups is 1. The van der Waals surface area contributed by atoms with Gasteiger partial charge in [0.15, 0.2) is 0 Å². The van der Waals surface area contributed by atoms with Crippen LogP contribution in [0.25, 0.3) is 0 Å². The molecule has 0 aromatic heterocycles. The number of hydrogen-bond donors (Lipinski definition) is 3. The van der Waals surface area contributed by atoms with Gasteiger partial charge in [-0.1, -0.05) is 30.3 Å². The van der Waals surface area contributed by atoms with Crippen LogP contribution >= 0.6 is 0 Å². The van der Waals surface area contributed by atoms with Gasteiger partial charge in [-0.15, -0.1) is 0 Å². The second-order valence-corrected chi connectivity index (χ2v) is 3.81. The molecule has 1 aromatic rings. The van der Waals surface area contributed by atoms with E-state index in [-0.39, 0.29) is 0 Å². The number of carboxylic acid groups (broad SMARTS) is 1. The van der Waals surface area contributed by atoms with Crippen molar-refractivity contribution in [1.29, 1.82) is 0 Å². The summed E-state index contributed by atoms with van der Waals surface area (Å²) in [6.45, 7) is 2.38. The Morgan fingerprint density at radius 1 is 1.31 bits per heavy atom. The molecule has 0 saturated heterocycles. The van der Waals surface area contributed by atoms with Crippen LogP contribution in [0.3, 0.4) is 0 Å². The highest BCUT2D eigenvalue weighted by Crippen LogP contribution is 2.14. The third kappa shape index (κ3) is 4.00. The van der Waals surface area contributed by atoms with Crippen molar-refractivity contribution in [3.63, 3.8) is 0 Å². The fourth-order valence-corrected chi connectivity index (χ4v) is 1.47. The van der Waals surface area contributed by atoms with Gasteiger partial charge >= 0.3 is 5.97 Å². The van der Waals surface area contributed by atoms with Gasteiger partial charge in [-0.2, -0.15) is 0 Å². The predicted molar refractivity (Wildman–Crippen MR) is 61.4 cm³/mol. The van der Waals surface area contributed by atoms with E-state index in [1.54, 1.807) is 19.1 Å². The Kier molecular flexibility index (Phi) is 4.95. The van der Waals surface area contributed by atoms with Gasteiger partial charge in [0.05, 0.1) is 12.0 Å². The molecule has 2 atom stereocenters. The zero-order chi connectivity index (χ0) is 12.0. The molecule has 0 heterocycles. The maximum Gasteiger partial charge on any atom is 0.312 e. The maximum atomic E-state index is 11.1. The van der Waals surface area contributed by atoms with Crippen LogP contribution in [0.4, 0.5) is 0 Å². The molecular formula is C12H17NO3. The van der Waals surface area contributed by atoms with Gasteiger partial charge in [0.2, 0.25) is 0 Å². The van der Waals surface area contributed by atoms with Crippen molar-refractivity contribution in [3.05, 3.63) is 35.9 Å². The average Bonchev–Trinajstić information content (AvgIpc) is 2.25. The fraction of sp³-hybridized carbons (Fsp3) is 0.417. The van der Waals surface area contributed by atoms with E-state index in [4.69, 9.17) is 10.2 Å². The predicted octanol–water partition coefficient (Wildman–Crippen LogP) is 0.825.